The highest BCUT2D eigenvalue weighted by Crippen LogP contribution is 2.47. The number of rotatable bonds is 18. The fourth-order valence-electron chi connectivity index (χ4n) is 19.0. The van der Waals surface area contributed by atoms with Crippen LogP contribution in [0.3, 0.4) is 0 Å². The zero-order valence-electron chi connectivity index (χ0n) is 82.6. The first-order valence-corrected chi connectivity index (χ1v) is 48.8. The maximum Gasteiger partial charge on any atom is 0.264 e. The fraction of sp³-hybridized carbons (Fsp3) is 0.378. The van der Waals surface area contributed by atoms with Gasteiger partial charge in [0.2, 0.25) is 0 Å². The Hall–Kier alpha value is -16.0. The van der Waals surface area contributed by atoms with Gasteiger partial charge in [-0.1, -0.05) is 13.8 Å². The van der Waals surface area contributed by atoms with E-state index >= 15 is 0 Å². The van der Waals surface area contributed by atoms with Crippen LogP contribution in [-0.2, 0) is 80.3 Å². The Bertz CT molecular complexity index is 7750. The summed E-state index contributed by atoms with van der Waals surface area (Å²) in [6.07, 6.45) is 31.3. The number of hydrogen-bond acceptors (Lipinski definition) is 37. The third-order valence-corrected chi connectivity index (χ3v) is 27.9. The van der Waals surface area contributed by atoms with Crippen LogP contribution < -0.4 is 74.8 Å². The number of carbonyl (C=O) groups excluding carboxylic acids is 5. The molecule has 0 spiro atoms. The van der Waals surface area contributed by atoms with Crippen LogP contribution in [0.25, 0.3) is 39.5 Å². The Labute approximate surface area is 840 Å². The number of fused-ring (bicyclic) bond motifs is 10. The molecule has 0 bridgehead atoms. The number of methoxy groups -OCH3 is 2. The number of ether oxygens (including phenoxy) is 5. The second-order valence-electron chi connectivity index (χ2n) is 38.6. The molecule has 1 aliphatic carbocycles. The van der Waals surface area contributed by atoms with Gasteiger partial charge < -0.3 is 93.7 Å². The summed E-state index contributed by atoms with van der Waals surface area (Å²) in [5.74, 6) is 0.939. The van der Waals surface area contributed by atoms with Crippen LogP contribution >= 0.6 is 11.5 Å². The number of imidazole rings is 1. The second-order valence-corrected chi connectivity index (χ2v) is 39.3. The summed E-state index contributed by atoms with van der Waals surface area (Å²) in [4.78, 5) is 119. The molecule has 1 saturated carbocycles. The van der Waals surface area contributed by atoms with Gasteiger partial charge in [0, 0.05) is 222 Å². The predicted molar refractivity (Wildman–Crippen MR) is 545 cm³/mol. The van der Waals surface area contributed by atoms with Crippen LogP contribution in [0.4, 0.5) is 56.8 Å². The molecule has 16 aromatic rings. The van der Waals surface area contributed by atoms with E-state index in [-0.39, 0.29) is 74.1 Å². The lowest BCUT2D eigenvalue weighted by Gasteiger charge is -2.39. The number of amides is 5. The molecular weight excluding hydrogens is 1890 g/mol. The summed E-state index contributed by atoms with van der Waals surface area (Å²) in [7, 11) is 7.01. The number of nitrogens with zero attached hydrogens (tertiary/aromatic N) is 26. The topological polar surface area (TPSA) is 580 Å². The molecule has 48 heteroatoms. The van der Waals surface area contributed by atoms with Crippen molar-refractivity contribution in [3.05, 3.63) is 213 Å². The molecule has 0 unspecified atom stereocenters. The molecule has 23 heterocycles. The number of hydrogen-bond donors (Lipinski definition) is 11. The summed E-state index contributed by atoms with van der Waals surface area (Å²) in [6.45, 7) is 26.7. The Balaban J connectivity index is 0.000000111. The summed E-state index contributed by atoms with van der Waals surface area (Å²) in [5.41, 5.74) is 50.2. The monoisotopic (exact) mass is 2000 g/mol. The van der Waals surface area contributed by atoms with Crippen molar-refractivity contribution < 1.29 is 47.7 Å². The standard InChI is InChI=1S/C22H23N9O2.C20H23N7O2S.C20H25N7O2.2C18H21N7O2/c1-29-12-25-7-18(29)15-2-4-24-6-17(15)27-22(32)19-20(23)28-31-9-13-8-30(14-10-33-11-14)5-3-16(13)26-21(19)31;1-10-15(11-2-3-11)20(30-25-10)23-19(28)16-17(21)24-27-7-12-6-26(13-8-29-9-13)5-4-14(12)22-18(16)27;1-20(2,3)26-8-6-13-12(10-26)11-27-18(23-13)16(17(21)25-27)19(28)24-14-9-22-7-5-15(14)29-4;1-18(2)9-21-6-10-8-25-16(23-14(10)18)13(15(19)24-25)17(26)22-11-7-20-5-4-12(11)27-3;1-3-27-14-4-6-20-8-13(14)22-18(26)15-16(19)23-25-10-11-9-24(2)7-5-12(11)21-17(15)25/h2,4,6-7,9,12,14H,3,5,8,10-11H2,1H3,(H2,23,28)(H,27,32);7,11,13H,2-6,8-9H2,1H3,(H2,21,24)(H,23,28);5,7,9,11H,6,8,10H2,1-4H3,(H2,21,25)(H,24,28);4-5,7-8,21H,6,9H2,1-3H3,(H2,19,24)(H,22,26);4,6,8,10H,3,5,7,9H2,1-2H3,(H2,19,23)(H,22,26). The molecule has 146 heavy (non-hydrogen) atoms. The molecule has 0 atom stereocenters. The molecule has 0 aromatic carbocycles. The lowest BCUT2D eigenvalue weighted by molar-refractivity contribution is -0.0697. The molecule has 24 rings (SSSR count). The number of pyridine rings is 4. The number of likely N-dealkylation sites (N-methyl/N-ethyl adjacent to an activating group) is 1. The van der Waals surface area contributed by atoms with Crippen LogP contribution in [-0.4, -0.2) is 261 Å². The number of anilines is 10. The van der Waals surface area contributed by atoms with E-state index in [1.807, 2.05) is 62.5 Å². The van der Waals surface area contributed by atoms with Crippen molar-refractivity contribution in [3.63, 3.8) is 0 Å². The third kappa shape index (κ3) is 19.7. The third-order valence-electron chi connectivity index (χ3n) is 27.1. The largest absolute Gasteiger partial charge is 0.494 e. The van der Waals surface area contributed by atoms with Crippen LogP contribution in [0.1, 0.15) is 180 Å². The highest BCUT2D eigenvalue weighted by molar-refractivity contribution is 7.10. The van der Waals surface area contributed by atoms with Gasteiger partial charge in [-0.25, -0.2) is 52.5 Å². The van der Waals surface area contributed by atoms with Crippen LogP contribution in [0.2, 0.25) is 0 Å². The van der Waals surface area contributed by atoms with E-state index in [1.165, 1.54) is 44.3 Å². The number of nitrogens with one attached hydrogen (secondary N) is 6. The van der Waals surface area contributed by atoms with Gasteiger partial charge in [-0.2, -0.15) is 4.37 Å². The first-order valence-electron chi connectivity index (χ1n) is 48.0. The molecule has 7 aliphatic heterocycles. The summed E-state index contributed by atoms with van der Waals surface area (Å²) in [5, 5.41) is 40.2. The zero-order chi connectivity index (χ0) is 102. The van der Waals surface area contributed by atoms with E-state index < -0.39 is 17.7 Å². The van der Waals surface area contributed by atoms with E-state index in [0.717, 1.165) is 208 Å². The second kappa shape index (κ2) is 40.3. The van der Waals surface area contributed by atoms with E-state index in [4.69, 9.17) is 72.3 Å². The SMILES string of the molecule is CCOc1ccncc1NC(=O)c1c(N)nn2cc3c(nc12)CCN(C)C3.COc1ccncc1NC(=O)c1c(N)nn2cc3c(nc12)C(C)(C)CNC3.COc1ccncc1NC(=O)c1c(N)nn2cc3c(nc12)CCN(C(C)(C)C)C3.Cc1nsc(NC(=O)c2c(N)nn3cc4c(nc23)CCN(C2COC2)C4)c1C1CC1.Cn1cncc1-c1ccncc1NC(=O)c1c(N)nn2cc3c(nc12)CCN(C1COC1)C3. The maximum atomic E-state index is 13.3. The molecule has 756 valence electrons. The molecule has 0 radical (unpaired) electrons. The average Bonchev–Trinajstić information content (AvgIpc) is 1.59. The number of nitrogens with two attached hydrogens (primary N) is 5. The minimum Gasteiger partial charge on any atom is -0.494 e. The van der Waals surface area contributed by atoms with Crippen LogP contribution in [0.15, 0.2) is 117 Å². The van der Waals surface area contributed by atoms with Crippen molar-refractivity contribution in [1.29, 1.82) is 0 Å². The van der Waals surface area contributed by atoms with Gasteiger partial charge in [0.1, 0.15) is 67.1 Å². The van der Waals surface area contributed by atoms with Gasteiger partial charge >= 0.3 is 0 Å². The van der Waals surface area contributed by atoms with E-state index in [0.29, 0.717) is 105 Å². The Morgan fingerprint density at radius 3 is 1.32 bits per heavy atom. The highest BCUT2D eigenvalue weighted by Gasteiger charge is 2.39. The van der Waals surface area contributed by atoms with Gasteiger partial charge in [-0.3, -0.25) is 58.6 Å². The first-order chi connectivity index (χ1) is 70.4. The van der Waals surface area contributed by atoms with E-state index in [2.05, 4.69) is 153 Å². The molecule has 2 saturated heterocycles. The molecule has 5 amide bonds. The number of carbonyl (C=O) groups is 5. The van der Waals surface area contributed by atoms with Crippen molar-refractivity contribution in [3.8, 4) is 28.5 Å². The van der Waals surface area contributed by atoms with Crippen molar-refractivity contribution in [1.82, 2.24) is 132 Å². The number of nitrogen functional groups attached to an aromatic ring is 5. The molecule has 16 N–H and O–H groups in total. The minimum absolute atomic E-state index is 0.0730. The first kappa shape index (κ1) is 97.5. The summed E-state index contributed by atoms with van der Waals surface area (Å²) < 4.78 is 41.0. The van der Waals surface area contributed by atoms with Crippen molar-refractivity contribution in [2.45, 2.75) is 149 Å². The fourth-order valence-corrected chi connectivity index (χ4v) is 19.9. The summed E-state index contributed by atoms with van der Waals surface area (Å²) >= 11 is 1.33. The van der Waals surface area contributed by atoms with Gasteiger partial charge in [0.15, 0.2) is 57.3 Å². The van der Waals surface area contributed by atoms with Gasteiger partial charge in [-0.05, 0) is 78.0 Å². The van der Waals surface area contributed by atoms with Gasteiger partial charge in [0.05, 0.1) is 142 Å². The van der Waals surface area contributed by atoms with E-state index in [1.54, 1.807) is 84.3 Å². The molecular formula is C98H113N37O10S. The van der Waals surface area contributed by atoms with Gasteiger partial charge in [-0.15, -0.1) is 25.5 Å². The molecule has 16 aromatic heterocycles. The predicted octanol–water partition coefficient (Wildman–Crippen LogP) is 7.90. The van der Waals surface area contributed by atoms with Crippen molar-refractivity contribution in [2.75, 3.05) is 142 Å². The number of aromatic nitrogens is 22. The normalized spacial score (nSPS) is 16.1. The van der Waals surface area contributed by atoms with E-state index in [9.17, 15) is 24.0 Å². The molecule has 3 fully saturated rings. The maximum absolute atomic E-state index is 13.3. The Morgan fingerprint density at radius 2 is 0.890 bits per heavy atom. The van der Waals surface area contributed by atoms with Crippen LogP contribution in [0, 0.1) is 6.92 Å². The molecule has 8 aliphatic rings. The lowest BCUT2D eigenvalue weighted by atomic mass is 9.84. The zero-order valence-corrected chi connectivity index (χ0v) is 83.4. The molecule has 47 nitrogen and oxygen atoms in total. The van der Waals surface area contributed by atoms with Crippen LogP contribution in [0.5, 0.6) is 17.2 Å². The van der Waals surface area contributed by atoms with Crippen molar-refractivity contribution >= 4 is 126 Å². The van der Waals surface area contributed by atoms with Crippen molar-refractivity contribution in [2.24, 2.45) is 7.05 Å². The average molecular weight is 2000 g/mol. The highest BCUT2D eigenvalue weighted by atomic mass is 32.1. The quantitative estimate of drug-likeness (QED) is 0.0389. The minimum atomic E-state index is -0.409. The Morgan fingerprint density at radius 1 is 0.493 bits per heavy atom. The smallest absolute Gasteiger partial charge is 0.264 e. The number of aryl methyl sites for hydroxylation is 2. The Kier molecular flexibility index (Phi) is 26.9. The summed E-state index contributed by atoms with van der Waals surface area (Å²) in [6, 6.07) is 7.82. The lowest BCUT2D eigenvalue weighted by Crippen LogP contribution is -2.50. The van der Waals surface area contributed by atoms with Gasteiger partial charge in [0.25, 0.3) is 29.5 Å².